The number of amides is 1. The molecular weight excluding hydrogens is 470 g/mol. The van der Waals surface area contributed by atoms with Gasteiger partial charge in [-0.05, 0) is 67.9 Å². The number of carbonyl (C=O) groups is 1. The van der Waals surface area contributed by atoms with Crippen LogP contribution in [-0.4, -0.2) is 47.5 Å². The number of aryl methyl sites for hydroxylation is 1. The van der Waals surface area contributed by atoms with E-state index in [9.17, 15) is 4.79 Å². The Morgan fingerprint density at radius 2 is 2.12 bits per heavy atom. The van der Waals surface area contributed by atoms with Gasteiger partial charge >= 0.3 is 0 Å². The molecular formula is C25H29N3O4S2. The topological polar surface area (TPSA) is 77.7 Å². The first-order valence-electron chi connectivity index (χ1n) is 11.7. The lowest BCUT2D eigenvalue weighted by atomic mass is 9.90. The van der Waals surface area contributed by atoms with E-state index in [1.165, 1.54) is 28.6 Å². The molecule has 0 unspecified atom stereocenters. The highest BCUT2D eigenvalue weighted by atomic mass is 32.2. The van der Waals surface area contributed by atoms with Gasteiger partial charge in [-0.3, -0.25) is 4.79 Å². The molecule has 1 aliphatic heterocycles. The first-order chi connectivity index (χ1) is 16.6. The Morgan fingerprint density at radius 3 is 2.94 bits per heavy atom. The summed E-state index contributed by atoms with van der Waals surface area (Å²) < 4.78 is 16.9. The number of ether oxygens (including phenoxy) is 2. The third-order valence-corrected chi connectivity index (χ3v) is 8.66. The molecule has 2 aliphatic rings. The fourth-order valence-electron chi connectivity index (χ4n) is 4.87. The largest absolute Gasteiger partial charge is 0.497 e. The van der Waals surface area contributed by atoms with E-state index < -0.39 is 0 Å². The second-order valence-corrected chi connectivity index (χ2v) is 11.0. The number of aromatic nitrogens is 2. The van der Waals surface area contributed by atoms with Crippen molar-refractivity contribution in [2.75, 3.05) is 26.5 Å². The Kier molecular flexibility index (Phi) is 6.83. The first kappa shape index (κ1) is 23.2. The van der Waals surface area contributed by atoms with Crippen molar-refractivity contribution < 1.29 is 18.7 Å². The Morgan fingerprint density at radius 1 is 1.24 bits per heavy atom. The van der Waals surface area contributed by atoms with E-state index in [4.69, 9.17) is 13.9 Å². The van der Waals surface area contributed by atoms with Gasteiger partial charge in [-0.25, -0.2) is 0 Å². The summed E-state index contributed by atoms with van der Waals surface area (Å²) in [5, 5.41) is 8.86. The van der Waals surface area contributed by atoms with Gasteiger partial charge in [-0.1, -0.05) is 18.7 Å². The normalized spacial score (nSPS) is 19.8. The number of benzene rings is 1. The van der Waals surface area contributed by atoms with Crippen molar-refractivity contribution in [3.63, 3.8) is 0 Å². The number of nitrogens with zero attached hydrogens (tertiary/aromatic N) is 3. The molecule has 1 amide bonds. The summed E-state index contributed by atoms with van der Waals surface area (Å²) in [4.78, 5) is 17.5. The van der Waals surface area contributed by atoms with E-state index in [0.29, 0.717) is 11.1 Å². The number of carbonyl (C=O) groups excluding carboxylic acids is 1. The third kappa shape index (κ3) is 4.68. The van der Waals surface area contributed by atoms with Gasteiger partial charge < -0.3 is 18.8 Å². The monoisotopic (exact) mass is 499 g/mol. The lowest BCUT2D eigenvalue weighted by Crippen LogP contribution is -2.32. The molecule has 34 heavy (non-hydrogen) atoms. The van der Waals surface area contributed by atoms with Crippen molar-refractivity contribution in [3.05, 3.63) is 40.3 Å². The minimum atomic E-state index is -0.0313. The maximum atomic E-state index is 13.1. The van der Waals surface area contributed by atoms with Crippen molar-refractivity contribution >= 4 is 29.0 Å². The van der Waals surface area contributed by atoms with Crippen LogP contribution in [0.1, 0.15) is 48.2 Å². The van der Waals surface area contributed by atoms with Crippen molar-refractivity contribution in [1.82, 2.24) is 15.1 Å². The smallest absolute Gasteiger partial charge is 0.277 e. The van der Waals surface area contributed by atoms with Crippen LogP contribution in [0.5, 0.6) is 11.5 Å². The van der Waals surface area contributed by atoms with Gasteiger partial charge in [-0.2, -0.15) is 0 Å². The number of thioether (sulfide) groups is 1. The number of rotatable bonds is 7. The van der Waals surface area contributed by atoms with Crippen LogP contribution in [0.3, 0.4) is 0 Å². The summed E-state index contributed by atoms with van der Waals surface area (Å²) in [5.74, 6) is 3.10. The van der Waals surface area contributed by atoms with Crippen molar-refractivity contribution in [3.8, 4) is 22.3 Å². The van der Waals surface area contributed by atoms with Crippen LogP contribution in [0.4, 0.5) is 0 Å². The summed E-state index contributed by atoms with van der Waals surface area (Å²) in [6.07, 6.45) is 5.32. The number of hydrogen-bond acceptors (Lipinski definition) is 8. The van der Waals surface area contributed by atoms with Gasteiger partial charge in [0.15, 0.2) is 0 Å². The van der Waals surface area contributed by atoms with Crippen LogP contribution < -0.4 is 9.47 Å². The summed E-state index contributed by atoms with van der Waals surface area (Å²) in [6, 6.07) is 7.90. The first-order valence-corrected chi connectivity index (χ1v) is 13.5. The molecule has 1 fully saturated rings. The Hall–Kier alpha value is -2.52. The minimum Gasteiger partial charge on any atom is -0.497 e. The number of methoxy groups -OCH3 is 2. The molecule has 0 N–H and O–H groups in total. The van der Waals surface area contributed by atoms with Gasteiger partial charge in [0, 0.05) is 17.0 Å². The molecule has 1 aromatic carbocycles. The van der Waals surface area contributed by atoms with E-state index in [0.717, 1.165) is 60.1 Å². The molecule has 7 nitrogen and oxygen atoms in total. The van der Waals surface area contributed by atoms with Crippen LogP contribution in [-0.2, 0) is 17.6 Å². The molecule has 1 saturated heterocycles. The van der Waals surface area contributed by atoms with E-state index in [2.05, 4.69) is 23.2 Å². The second-order valence-electron chi connectivity index (χ2n) is 8.92. The maximum Gasteiger partial charge on any atom is 0.277 e. The Labute approximate surface area is 207 Å². The molecule has 9 heteroatoms. The zero-order chi connectivity index (χ0) is 23.7. The van der Waals surface area contributed by atoms with Crippen molar-refractivity contribution in [2.24, 2.45) is 5.92 Å². The van der Waals surface area contributed by atoms with Gasteiger partial charge in [0.05, 0.1) is 30.9 Å². The zero-order valence-corrected chi connectivity index (χ0v) is 21.3. The van der Waals surface area contributed by atoms with Crippen LogP contribution >= 0.6 is 23.1 Å². The van der Waals surface area contributed by atoms with E-state index in [1.54, 1.807) is 25.6 Å². The number of thiophene rings is 1. The maximum absolute atomic E-state index is 13.1. The van der Waals surface area contributed by atoms with E-state index in [1.807, 2.05) is 23.1 Å². The third-order valence-electron chi connectivity index (χ3n) is 6.63. The number of hydrogen-bond donors (Lipinski definition) is 0. The second kappa shape index (κ2) is 10.00. The SMILES string of the molecule is COc1ccc(OC)c([C@H]2CCCN2C(=O)CSc2nnc(-c3cc4c(s3)CC[C@@H](C)C4)o2)c1. The Bertz CT molecular complexity index is 1170. The highest BCUT2D eigenvalue weighted by Crippen LogP contribution is 2.40. The zero-order valence-electron chi connectivity index (χ0n) is 19.7. The number of fused-ring (bicyclic) bond motifs is 1. The van der Waals surface area contributed by atoms with Crippen LogP contribution in [0.2, 0.25) is 0 Å². The quantitative estimate of drug-likeness (QED) is 0.403. The standard InChI is InChI=1S/C25H29N3O4S2/c1-15-6-9-21-16(11-15)12-22(34-21)24-26-27-25(32-24)33-14-23(29)28-10-4-5-19(28)18-13-17(30-2)7-8-20(18)31-3/h7-8,12-13,15,19H,4-6,9-11,14H2,1-3H3/t15-,19-/m1/s1. The molecule has 0 radical (unpaired) electrons. The van der Waals surface area contributed by atoms with Gasteiger partial charge in [0.2, 0.25) is 5.91 Å². The lowest BCUT2D eigenvalue weighted by molar-refractivity contribution is -0.129. The highest BCUT2D eigenvalue weighted by molar-refractivity contribution is 7.99. The minimum absolute atomic E-state index is 0.0313. The summed E-state index contributed by atoms with van der Waals surface area (Å²) in [7, 11) is 3.30. The molecule has 0 spiro atoms. The van der Waals surface area contributed by atoms with Crippen molar-refractivity contribution in [2.45, 2.75) is 50.3 Å². The molecule has 180 valence electrons. The Balaban J connectivity index is 1.25. The van der Waals surface area contributed by atoms with Crippen LogP contribution in [0.25, 0.3) is 10.8 Å². The average Bonchev–Trinajstić information content (AvgIpc) is 3.61. The van der Waals surface area contributed by atoms with E-state index in [-0.39, 0.29) is 17.7 Å². The molecule has 3 aromatic rings. The molecule has 1 aliphatic carbocycles. The van der Waals surface area contributed by atoms with Crippen LogP contribution in [0.15, 0.2) is 33.9 Å². The molecule has 0 saturated carbocycles. The summed E-state index contributed by atoms with van der Waals surface area (Å²) in [5.41, 5.74) is 2.39. The predicted octanol–water partition coefficient (Wildman–Crippen LogP) is 5.40. The molecule has 2 atom stereocenters. The average molecular weight is 500 g/mol. The fraction of sp³-hybridized carbons (Fsp3) is 0.480. The number of likely N-dealkylation sites (tertiary alicyclic amines) is 1. The highest BCUT2D eigenvalue weighted by Gasteiger charge is 2.32. The van der Waals surface area contributed by atoms with Crippen LogP contribution in [0, 0.1) is 5.92 Å². The molecule has 3 heterocycles. The molecule has 0 bridgehead atoms. The van der Waals surface area contributed by atoms with Gasteiger partial charge in [0.25, 0.3) is 11.1 Å². The van der Waals surface area contributed by atoms with E-state index >= 15 is 0 Å². The predicted molar refractivity (Wildman–Crippen MR) is 133 cm³/mol. The summed E-state index contributed by atoms with van der Waals surface area (Å²) in [6.45, 7) is 3.02. The van der Waals surface area contributed by atoms with Gasteiger partial charge in [-0.15, -0.1) is 21.5 Å². The van der Waals surface area contributed by atoms with Gasteiger partial charge in [0.1, 0.15) is 11.5 Å². The molecule has 2 aromatic heterocycles. The summed E-state index contributed by atoms with van der Waals surface area (Å²) >= 11 is 3.05. The fourth-order valence-corrected chi connectivity index (χ4v) is 6.65. The van der Waals surface area contributed by atoms with Crippen molar-refractivity contribution in [1.29, 1.82) is 0 Å². The lowest BCUT2D eigenvalue weighted by Gasteiger charge is -2.26. The molecule has 5 rings (SSSR count).